The molecule has 1 atom stereocenters. The second kappa shape index (κ2) is 9.54. The second-order valence-corrected chi connectivity index (χ2v) is 10.8. The number of sulfonamides is 1. The Morgan fingerprint density at radius 1 is 1.12 bits per heavy atom. The summed E-state index contributed by atoms with van der Waals surface area (Å²) < 4.78 is 28.0. The summed E-state index contributed by atoms with van der Waals surface area (Å²) in [5, 5.41) is 7.04. The molecular weight excluding hydrogens is 442 g/mol. The first-order chi connectivity index (χ1) is 15.4. The predicted octanol–water partition coefficient (Wildman–Crippen LogP) is 3.53. The zero-order chi connectivity index (χ0) is 22.7. The van der Waals surface area contributed by atoms with Crippen molar-refractivity contribution in [3.05, 3.63) is 87.6 Å². The van der Waals surface area contributed by atoms with Crippen LogP contribution < -0.4 is 5.32 Å². The number of carbonyl (C=O) groups is 1. The first-order valence-electron chi connectivity index (χ1n) is 10.5. The standard InChI is InChI=1S/C24H27N3O3S2/c1-26(2)23(21-11-13-31-17-21)15-25-24(28)19-8-5-9-22(14-19)32(29,30)27-12-10-18-6-3-4-7-20(18)16-27/h3-9,11,13-14,17,23H,10,12,15-16H2,1-2H3,(H,25,28). The maximum atomic E-state index is 13.3. The minimum absolute atomic E-state index is 0.0468. The lowest BCUT2D eigenvalue weighted by molar-refractivity contribution is 0.0941. The van der Waals surface area contributed by atoms with E-state index in [2.05, 4.69) is 15.6 Å². The van der Waals surface area contributed by atoms with Gasteiger partial charge in [-0.2, -0.15) is 15.6 Å². The van der Waals surface area contributed by atoms with Crippen LogP contribution in [0.5, 0.6) is 0 Å². The quantitative estimate of drug-likeness (QED) is 0.575. The van der Waals surface area contributed by atoms with Crippen molar-refractivity contribution in [2.45, 2.75) is 23.9 Å². The molecule has 0 saturated carbocycles. The molecule has 168 valence electrons. The summed E-state index contributed by atoms with van der Waals surface area (Å²) in [6.07, 6.45) is 0.685. The molecule has 4 rings (SSSR count). The van der Waals surface area contributed by atoms with E-state index in [1.165, 1.54) is 15.9 Å². The zero-order valence-electron chi connectivity index (χ0n) is 18.2. The Morgan fingerprint density at radius 3 is 2.62 bits per heavy atom. The Kier molecular flexibility index (Phi) is 6.76. The second-order valence-electron chi connectivity index (χ2n) is 8.13. The molecule has 0 spiro atoms. The third-order valence-electron chi connectivity index (χ3n) is 5.84. The fraction of sp³-hybridized carbons (Fsp3) is 0.292. The summed E-state index contributed by atoms with van der Waals surface area (Å²) in [6.45, 7) is 1.21. The lowest BCUT2D eigenvalue weighted by Gasteiger charge is -2.28. The van der Waals surface area contributed by atoms with E-state index in [4.69, 9.17) is 0 Å². The van der Waals surface area contributed by atoms with Gasteiger partial charge in [0, 0.05) is 25.2 Å². The monoisotopic (exact) mass is 469 g/mol. The summed E-state index contributed by atoms with van der Waals surface area (Å²) in [6, 6.07) is 16.3. The van der Waals surface area contributed by atoms with Crippen LogP contribution in [0.15, 0.2) is 70.3 Å². The van der Waals surface area contributed by atoms with E-state index in [0.29, 0.717) is 31.6 Å². The minimum atomic E-state index is -3.69. The fourth-order valence-electron chi connectivity index (χ4n) is 3.98. The predicted molar refractivity (Wildman–Crippen MR) is 127 cm³/mol. The number of hydrogen-bond acceptors (Lipinski definition) is 5. The van der Waals surface area contributed by atoms with Crippen molar-refractivity contribution >= 4 is 27.3 Å². The molecular formula is C24H27N3O3S2. The molecule has 1 aliphatic rings. The van der Waals surface area contributed by atoms with Gasteiger partial charge >= 0.3 is 0 Å². The van der Waals surface area contributed by atoms with Gasteiger partial charge in [-0.3, -0.25) is 4.79 Å². The van der Waals surface area contributed by atoms with E-state index in [9.17, 15) is 13.2 Å². The van der Waals surface area contributed by atoms with E-state index in [1.807, 2.05) is 49.8 Å². The number of fused-ring (bicyclic) bond motifs is 1. The smallest absolute Gasteiger partial charge is 0.251 e. The van der Waals surface area contributed by atoms with E-state index >= 15 is 0 Å². The minimum Gasteiger partial charge on any atom is -0.350 e. The van der Waals surface area contributed by atoms with Crippen LogP contribution in [0.1, 0.15) is 33.1 Å². The number of nitrogens with zero attached hydrogens (tertiary/aromatic N) is 2. The number of thiophene rings is 1. The fourth-order valence-corrected chi connectivity index (χ4v) is 6.15. The molecule has 2 heterocycles. The maximum Gasteiger partial charge on any atom is 0.251 e. The van der Waals surface area contributed by atoms with Crippen LogP contribution in [0.4, 0.5) is 0 Å². The van der Waals surface area contributed by atoms with Crippen molar-refractivity contribution in [3.8, 4) is 0 Å². The van der Waals surface area contributed by atoms with E-state index in [0.717, 1.165) is 11.1 Å². The number of amides is 1. The SMILES string of the molecule is CN(C)C(CNC(=O)c1cccc(S(=O)(=O)N2CCc3ccccc3C2)c1)c1ccsc1. The van der Waals surface area contributed by atoms with Crippen LogP contribution in [-0.2, 0) is 23.0 Å². The van der Waals surface area contributed by atoms with Gasteiger partial charge < -0.3 is 10.2 Å². The van der Waals surface area contributed by atoms with Gasteiger partial charge in [-0.15, -0.1) is 0 Å². The van der Waals surface area contributed by atoms with Gasteiger partial charge in [-0.05, 0) is 72.2 Å². The topological polar surface area (TPSA) is 69.7 Å². The van der Waals surface area contributed by atoms with Crippen molar-refractivity contribution < 1.29 is 13.2 Å². The van der Waals surface area contributed by atoms with E-state index < -0.39 is 10.0 Å². The Balaban J connectivity index is 1.48. The Labute approximate surface area is 193 Å². The molecule has 2 aromatic carbocycles. The number of likely N-dealkylation sites (N-methyl/N-ethyl adjacent to an activating group) is 1. The molecule has 1 aromatic heterocycles. The number of nitrogens with one attached hydrogen (secondary N) is 1. The van der Waals surface area contributed by atoms with Crippen LogP contribution >= 0.6 is 11.3 Å². The Hall–Kier alpha value is -2.52. The van der Waals surface area contributed by atoms with Crippen molar-refractivity contribution in [2.24, 2.45) is 0 Å². The molecule has 1 amide bonds. The summed E-state index contributed by atoms with van der Waals surface area (Å²) in [5.41, 5.74) is 3.70. The van der Waals surface area contributed by atoms with E-state index in [1.54, 1.807) is 29.5 Å². The molecule has 1 unspecified atom stereocenters. The highest BCUT2D eigenvalue weighted by Crippen LogP contribution is 2.25. The molecule has 0 aliphatic carbocycles. The largest absolute Gasteiger partial charge is 0.350 e. The van der Waals surface area contributed by atoms with Gasteiger partial charge in [-0.1, -0.05) is 30.3 Å². The van der Waals surface area contributed by atoms with Gasteiger partial charge in [0.05, 0.1) is 10.9 Å². The summed E-state index contributed by atoms with van der Waals surface area (Å²) in [4.78, 5) is 15.0. The average molecular weight is 470 g/mol. The highest BCUT2D eigenvalue weighted by Gasteiger charge is 2.28. The van der Waals surface area contributed by atoms with Crippen LogP contribution in [0, 0.1) is 0 Å². The van der Waals surface area contributed by atoms with Crippen LogP contribution in [0.25, 0.3) is 0 Å². The van der Waals surface area contributed by atoms with Gasteiger partial charge in [0.1, 0.15) is 0 Å². The van der Waals surface area contributed by atoms with Gasteiger partial charge in [-0.25, -0.2) is 8.42 Å². The molecule has 0 saturated heterocycles. The number of carbonyl (C=O) groups excluding carboxylic acids is 1. The molecule has 8 heteroatoms. The molecule has 0 radical (unpaired) electrons. The van der Waals surface area contributed by atoms with E-state index in [-0.39, 0.29) is 16.8 Å². The molecule has 3 aromatic rings. The molecule has 1 aliphatic heterocycles. The number of rotatable bonds is 7. The summed E-state index contributed by atoms with van der Waals surface area (Å²) in [7, 11) is 0.247. The summed E-state index contributed by atoms with van der Waals surface area (Å²) in [5.74, 6) is -0.284. The lowest BCUT2D eigenvalue weighted by atomic mass is 10.0. The molecule has 0 fully saturated rings. The van der Waals surface area contributed by atoms with Gasteiger partial charge in [0.15, 0.2) is 0 Å². The Bertz CT molecular complexity index is 1190. The molecule has 1 N–H and O–H groups in total. The average Bonchev–Trinajstić information content (AvgIpc) is 3.33. The third-order valence-corrected chi connectivity index (χ3v) is 8.38. The van der Waals surface area contributed by atoms with Crippen LogP contribution in [0.2, 0.25) is 0 Å². The molecule has 32 heavy (non-hydrogen) atoms. The normalized spacial score (nSPS) is 15.3. The molecule has 0 bridgehead atoms. The number of benzene rings is 2. The molecule has 6 nitrogen and oxygen atoms in total. The lowest BCUT2D eigenvalue weighted by Crippen LogP contribution is -2.36. The maximum absolute atomic E-state index is 13.3. The van der Waals surface area contributed by atoms with Crippen molar-refractivity contribution in [2.75, 3.05) is 27.2 Å². The Morgan fingerprint density at radius 2 is 1.91 bits per heavy atom. The highest BCUT2D eigenvalue weighted by atomic mass is 32.2. The highest BCUT2D eigenvalue weighted by molar-refractivity contribution is 7.89. The van der Waals surface area contributed by atoms with Crippen molar-refractivity contribution in [1.82, 2.24) is 14.5 Å². The van der Waals surface area contributed by atoms with Gasteiger partial charge in [0.2, 0.25) is 10.0 Å². The first-order valence-corrected chi connectivity index (χ1v) is 12.9. The van der Waals surface area contributed by atoms with Crippen LogP contribution in [0.3, 0.4) is 0 Å². The first kappa shape index (κ1) is 22.7. The number of hydrogen-bond donors (Lipinski definition) is 1. The van der Waals surface area contributed by atoms with Crippen molar-refractivity contribution in [1.29, 1.82) is 0 Å². The van der Waals surface area contributed by atoms with Crippen molar-refractivity contribution in [3.63, 3.8) is 0 Å². The van der Waals surface area contributed by atoms with Gasteiger partial charge in [0.25, 0.3) is 5.91 Å². The summed E-state index contributed by atoms with van der Waals surface area (Å²) >= 11 is 1.62. The van der Waals surface area contributed by atoms with Crippen LogP contribution in [-0.4, -0.2) is 50.7 Å². The zero-order valence-corrected chi connectivity index (χ0v) is 19.8. The third kappa shape index (κ3) is 4.78.